The molecule has 2 unspecified atom stereocenters. The minimum Gasteiger partial charge on any atom is -0.0654 e. The van der Waals surface area contributed by atoms with E-state index in [1.807, 2.05) is 0 Å². The summed E-state index contributed by atoms with van der Waals surface area (Å²) in [6.45, 7) is 4.70. The Hall–Kier alpha value is 0. The van der Waals surface area contributed by atoms with E-state index in [0.717, 1.165) is 11.8 Å². The van der Waals surface area contributed by atoms with Crippen molar-refractivity contribution in [1.82, 2.24) is 0 Å². The Morgan fingerprint density at radius 2 is 1.41 bits per heavy atom. The molecule has 0 aromatic carbocycles. The maximum absolute atomic E-state index is 2.39. The largest absolute Gasteiger partial charge is 0.0654 e. The Kier molecular flexibility index (Phi) is 8.83. The first-order valence-corrected chi connectivity index (χ1v) is 8.36. The maximum Gasteiger partial charge on any atom is -0.0414 e. The molecule has 1 aliphatic carbocycles. The topological polar surface area (TPSA) is 0 Å². The molecule has 0 aromatic rings. The molecule has 0 aromatic heterocycles. The monoisotopic (exact) mass is 238 g/mol. The molecule has 17 heavy (non-hydrogen) atoms. The highest BCUT2D eigenvalue weighted by molar-refractivity contribution is 4.67. The average Bonchev–Trinajstić information content (AvgIpc) is 2.46. The van der Waals surface area contributed by atoms with Gasteiger partial charge in [0.15, 0.2) is 0 Å². The van der Waals surface area contributed by atoms with Crippen molar-refractivity contribution in [3.05, 3.63) is 0 Å². The third kappa shape index (κ3) is 7.11. The summed E-state index contributed by atoms with van der Waals surface area (Å²) in [6, 6.07) is 0. The van der Waals surface area contributed by atoms with Crippen molar-refractivity contribution in [2.75, 3.05) is 0 Å². The summed E-state index contributed by atoms with van der Waals surface area (Å²) in [6.07, 6.45) is 19.4. The normalized spacial score (nSPS) is 27.2. The van der Waals surface area contributed by atoms with Gasteiger partial charge >= 0.3 is 0 Å². The molecule has 0 heterocycles. The van der Waals surface area contributed by atoms with E-state index in [1.54, 1.807) is 0 Å². The highest BCUT2D eigenvalue weighted by atomic mass is 14.2. The zero-order valence-corrected chi connectivity index (χ0v) is 12.3. The van der Waals surface area contributed by atoms with Gasteiger partial charge in [0, 0.05) is 0 Å². The molecule has 0 spiro atoms. The zero-order chi connectivity index (χ0) is 12.3. The molecule has 0 saturated heterocycles. The quantitative estimate of drug-likeness (QED) is 0.473. The number of rotatable bonds is 6. The summed E-state index contributed by atoms with van der Waals surface area (Å²) in [5.41, 5.74) is 0. The first-order valence-electron chi connectivity index (χ1n) is 8.36. The predicted octanol–water partition coefficient (Wildman–Crippen LogP) is 6.34. The third-order valence-electron chi connectivity index (χ3n) is 4.75. The second kappa shape index (κ2) is 9.97. The molecule has 0 nitrogen and oxygen atoms in total. The second-order valence-corrected chi connectivity index (χ2v) is 6.20. The maximum atomic E-state index is 2.39. The van der Waals surface area contributed by atoms with E-state index >= 15 is 0 Å². The smallest absolute Gasteiger partial charge is 0.0414 e. The Morgan fingerprint density at radius 3 is 2.12 bits per heavy atom. The zero-order valence-electron chi connectivity index (χ0n) is 12.3. The lowest BCUT2D eigenvalue weighted by Gasteiger charge is -2.18. The summed E-state index contributed by atoms with van der Waals surface area (Å²) in [5.74, 6) is 2.12. The van der Waals surface area contributed by atoms with E-state index in [-0.39, 0.29) is 0 Å². The summed E-state index contributed by atoms with van der Waals surface area (Å²) in [5, 5.41) is 0. The van der Waals surface area contributed by atoms with Crippen LogP contribution in [0.25, 0.3) is 0 Å². The number of unbranched alkanes of at least 4 members (excludes halogenated alkanes) is 3. The molecule has 1 saturated carbocycles. The van der Waals surface area contributed by atoms with Gasteiger partial charge in [0.25, 0.3) is 0 Å². The molecule has 1 aliphatic rings. The molecule has 102 valence electrons. The van der Waals surface area contributed by atoms with Crippen molar-refractivity contribution < 1.29 is 0 Å². The molecule has 1 fully saturated rings. The van der Waals surface area contributed by atoms with Crippen LogP contribution in [0.2, 0.25) is 0 Å². The van der Waals surface area contributed by atoms with Crippen molar-refractivity contribution in [1.29, 1.82) is 0 Å². The van der Waals surface area contributed by atoms with Crippen LogP contribution in [0.3, 0.4) is 0 Å². The van der Waals surface area contributed by atoms with Crippen molar-refractivity contribution in [3.63, 3.8) is 0 Å². The summed E-state index contributed by atoms with van der Waals surface area (Å²) < 4.78 is 0. The van der Waals surface area contributed by atoms with Gasteiger partial charge in [-0.2, -0.15) is 0 Å². The van der Waals surface area contributed by atoms with Gasteiger partial charge in [0.2, 0.25) is 0 Å². The molecule has 0 N–H and O–H groups in total. The van der Waals surface area contributed by atoms with Crippen LogP contribution < -0.4 is 0 Å². The molecule has 0 aliphatic heterocycles. The summed E-state index contributed by atoms with van der Waals surface area (Å²) in [7, 11) is 0. The van der Waals surface area contributed by atoms with E-state index in [1.165, 1.54) is 83.5 Å². The van der Waals surface area contributed by atoms with Crippen LogP contribution in [0.1, 0.15) is 97.3 Å². The van der Waals surface area contributed by atoms with Gasteiger partial charge in [-0.15, -0.1) is 0 Å². The number of hydrogen-bond donors (Lipinski definition) is 0. The van der Waals surface area contributed by atoms with Gasteiger partial charge in [-0.1, -0.05) is 97.3 Å². The lowest BCUT2D eigenvalue weighted by Crippen LogP contribution is -2.04. The fraction of sp³-hybridized carbons (Fsp3) is 1.00. The van der Waals surface area contributed by atoms with Crippen LogP contribution >= 0.6 is 0 Å². The van der Waals surface area contributed by atoms with Crippen LogP contribution in [-0.2, 0) is 0 Å². The molecular formula is C17H34. The van der Waals surface area contributed by atoms with E-state index in [9.17, 15) is 0 Å². The highest BCUT2D eigenvalue weighted by Crippen LogP contribution is 2.29. The third-order valence-corrected chi connectivity index (χ3v) is 4.75. The van der Waals surface area contributed by atoms with Crippen molar-refractivity contribution in [2.24, 2.45) is 11.8 Å². The van der Waals surface area contributed by atoms with Crippen LogP contribution in [-0.4, -0.2) is 0 Å². The standard InChI is InChI=1S/C17H34/c1-3-5-6-8-12-17-13-10-7-9-11-16(4-2)14-15-17/h16-17H,3-15H2,1-2H3. The molecular weight excluding hydrogens is 204 g/mol. The minimum atomic E-state index is 1.05. The van der Waals surface area contributed by atoms with Gasteiger partial charge in [0.1, 0.15) is 0 Å². The SMILES string of the molecule is CCCCCCC1CCCCCC(CC)CC1. The minimum absolute atomic E-state index is 1.05. The fourth-order valence-electron chi connectivity index (χ4n) is 3.36. The van der Waals surface area contributed by atoms with E-state index in [4.69, 9.17) is 0 Å². The molecule has 0 amide bonds. The fourth-order valence-corrected chi connectivity index (χ4v) is 3.36. The molecule has 1 rings (SSSR count). The van der Waals surface area contributed by atoms with Crippen LogP contribution in [0.5, 0.6) is 0 Å². The first-order chi connectivity index (χ1) is 8.36. The lowest BCUT2D eigenvalue weighted by atomic mass is 9.88. The average molecular weight is 238 g/mol. The van der Waals surface area contributed by atoms with Crippen LogP contribution in [0.4, 0.5) is 0 Å². The summed E-state index contributed by atoms with van der Waals surface area (Å²) in [4.78, 5) is 0. The van der Waals surface area contributed by atoms with Gasteiger partial charge in [-0.05, 0) is 11.8 Å². The second-order valence-electron chi connectivity index (χ2n) is 6.20. The van der Waals surface area contributed by atoms with Crippen molar-refractivity contribution in [3.8, 4) is 0 Å². The van der Waals surface area contributed by atoms with Gasteiger partial charge in [0.05, 0.1) is 0 Å². The van der Waals surface area contributed by atoms with E-state index in [0.29, 0.717) is 0 Å². The predicted molar refractivity (Wildman–Crippen MR) is 78.3 cm³/mol. The van der Waals surface area contributed by atoms with Gasteiger partial charge in [-0.3, -0.25) is 0 Å². The van der Waals surface area contributed by atoms with Crippen LogP contribution in [0.15, 0.2) is 0 Å². The van der Waals surface area contributed by atoms with Crippen LogP contribution in [0, 0.1) is 11.8 Å². The van der Waals surface area contributed by atoms with Crippen molar-refractivity contribution >= 4 is 0 Å². The summed E-state index contributed by atoms with van der Waals surface area (Å²) >= 11 is 0. The Labute approximate surface area is 110 Å². The highest BCUT2D eigenvalue weighted by Gasteiger charge is 2.14. The van der Waals surface area contributed by atoms with E-state index < -0.39 is 0 Å². The molecule has 0 heteroatoms. The Bertz CT molecular complexity index is 161. The number of hydrogen-bond acceptors (Lipinski definition) is 0. The first kappa shape index (κ1) is 15.1. The van der Waals surface area contributed by atoms with Crippen molar-refractivity contribution in [2.45, 2.75) is 97.3 Å². The lowest BCUT2D eigenvalue weighted by molar-refractivity contribution is 0.346. The van der Waals surface area contributed by atoms with Gasteiger partial charge < -0.3 is 0 Å². The Balaban J connectivity index is 2.21. The Morgan fingerprint density at radius 1 is 0.706 bits per heavy atom. The molecule has 0 bridgehead atoms. The molecule has 0 radical (unpaired) electrons. The van der Waals surface area contributed by atoms with E-state index in [2.05, 4.69) is 13.8 Å². The van der Waals surface area contributed by atoms with Gasteiger partial charge in [-0.25, -0.2) is 0 Å². The molecule has 2 atom stereocenters.